The summed E-state index contributed by atoms with van der Waals surface area (Å²) in [5, 5.41) is 0. The van der Waals surface area contributed by atoms with Crippen molar-refractivity contribution in [2.45, 2.75) is 46.0 Å². The van der Waals surface area contributed by atoms with Gasteiger partial charge in [0, 0.05) is 5.56 Å². The molecule has 0 fully saturated rings. The van der Waals surface area contributed by atoms with Gasteiger partial charge in [-0.25, -0.2) is 9.97 Å². The van der Waals surface area contributed by atoms with Crippen LogP contribution in [0.4, 0.5) is 0 Å². The maximum absolute atomic E-state index is 5.45. The highest BCUT2D eigenvalue weighted by atomic mass is 16.5. The van der Waals surface area contributed by atoms with E-state index in [1.807, 2.05) is 0 Å². The van der Waals surface area contributed by atoms with Crippen molar-refractivity contribution in [3.63, 3.8) is 0 Å². The van der Waals surface area contributed by atoms with Gasteiger partial charge in [0.2, 0.25) is 5.82 Å². The minimum atomic E-state index is 0.515. The second-order valence-electron chi connectivity index (χ2n) is 5.49. The number of hydrogen-bond donors (Lipinski definition) is 0. The molecule has 0 saturated heterocycles. The minimum Gasteiger partial charge on any atom is -0.490 e. The van der Waals surface area contributed by atoms with Crippen molar-refractivity contribution in [3.05, 3.63) is 53.6 Å². The first-order valence-corrected chi connectivity index (χ1v) is 8.37. The summed E-state index contributed by atoms with van der Waals surface area (Å²) in [6.45, 7) is 4.97. The van der Waals surface area contributed by atoms with Crippen LogP contribution >= 0.6 is 0 Å². The van der Waals surface area contributed by atoms with Crippen molar-refractivity contribution >= 4 is 0 Å². The van der Waals surface area contributed by atoms with Crippen LogP contribution in [0.2, 0.25) is 0 Å². The second-order valence-corrected chi connectivity index (χ2v) is 5.49. The van der Waals surface area contributed by atoms with E-state index in [4.69, 9.17) is 4.74 Å². The van der Waals surface area contributed by atoms with E-state index in [0.29, 0.717) is 18.2 Å². The Hall–Kier alpha value is -2.34. The monoisotopic (exact) mass is 308 g/mol. The van der Waals surface area contributed by atoms with Gasteiger partial charge in [0.15, 0.2) is 5.75 Å². The summed E-state index contributed by atoms with van der Waals surface area (Å²) < 4.78 is 5.45. The Morgan fingerprint density at radius 2 is 1.65 bits per heavy atom. The van der Waals surface area contributed by atoms with E-state index >= 15 is 0 Å². The Morgan fingerprint density at radius 3 is 2.30 bits per heavy atom. The Morgan fingerprint density at radius 1 is 0.913 bits per heavy atom. The molecule has 1 aromatic carbocycles. The zero-order valence-electron chi connectivity index (χ0n) is 14.0. The van der Waals surface area contributed by atoms with E-state index in [1.54, 1.807) is 12.4 Å². The summed E-state index contributed by atoms with van der Waals surface area (Å²) in [5.41, 5.74) is 2.36. The highest BCUT2D eigenvalue weighted by Crippen LogP contribution is 2.09. The van der Waals surface area contributed by atoms with Crippen molar-refractivity contribution in [2.24, 2.45) is 0 Å². The molecular formula is C20H24N2O. The second kappa shape index (κ2) is 9.63. The first-order valence-electron chi connectivity index (χ1n) is 8.37. The molecule has 3 heteroatoms. The normalized spacial score (nSPS) is 10.0. The first kappa shape index (κ1) is 17.0. The van der Waals surface area contributed by atoms with Gasteiger partial charge in [-0.3, -0.25) is 0 Å². The van der Waals surface area contributed by atoms with Gasteiger partial charge in [-0.05, 0) is 42.9 Å². The standard InChI is InChI=1S/C20H24N2O/c1-3-5-6-7-17-8-10-18(11-9-17)12-13-20-21-15-19(16-22-20)23-14-4-2/h8-11,15-16H,3-7,14H2,1-2H3. The maximum Gasteiger partial charge on any atom is 0.205 e. The van der Waals surface area contributed by atoms with Crippen LogP contribution in [0.15, 0.2) is 36.7 Å². The van der Waals surface area contributed by atoms with E-state index in [-0.39, 0.29) is 0 Å². The molecule has 0 aliphatic rings. The third-order valence-corrected chi connectivity index (χ3v) is 3.44. The van der Waals surface area contributed by atoms with Crippen LogP contribution in [-0.4, -0.2) is 16.6 Å². The number of ether oxygens (including phenoxy) is 1. The zero-order valence-corrected chi connectivity index (χ0v) is 14.0. The van der Waals surface area contributed by atoms with Crippen molar-refractivity contribution in [2.75, 3.05) is 6.61 Å². The number of rotatable bonds is 7. The maximum atomic E-state index is 5.45. The smallest absolute Gasteiger partial charge is 0.205 e. The predicted octanol–water partition coefficient (Wildman–Crippen LogP) is 4.40. The van der Waals surface area contributed by atoms with Crippen molar-refractivity contribution in [3.8, 4) is 17.6 Å². The third kappa shape index (κ3) is 6.12. The number of aromatic nitrogens is 2. The molecule has 0 aliphatic carbocycles. The molecule has 0 N–H and O–H groups in total. The SMILES string of the molecule is CCCCCc1ccc(C#Cc2ncc(OCCC)cn2)cc1. The molecule has 0 spiro atoms. The van der Waals surface area contributed by atoms with Crippen LogP contribution in [0, 0.1) is 11.8 Å². The molecule has 0 amide bonds. The summed E-state index contributed by atoms with van der Waals surface area (Å²) in [6, 6.07) is 8.43. The molecule has 0 unspecified atom stereocenters. The molecule has 120 valence electrons. The van der Waals surface area contributed by atoms with Crippen LogP contribution in [0.1, 0.15) is 56.5 Å². The Bertz CT molecular complexity index is 636. The van der Waals surface area contributed by atoms with Crippen LogP contribution in [0.25, 0.3) is 0 Å². The molecule has 0 aliphatic heterocycles. The fourth-order valence-corrected chi connectivity index (χ4v) is 2.14. The number of hydrogen-bond acceptors (Lipinski definition) is 3. The fourth-order valence-electron chi connectivity index (χ4n) is 2.14. The lowest BCUT2D eigenvalue weighted by molar-refractivity contribution is 0.314. The Balaban J connectivity index is 1.93. The molecule has 0 atom stereocenters. The molecule has 3 nitrogen and oxygen atoms in total. The molecule has 23 heavy (non-hydrogen) atoms. The fraction of sp³-hybridized carbons (Fsp3) is 0.400. The number of unbranched alkanes of at least 4 members (excludes halogenated alkanes) is 2. The first-order chi connectivity index (χ1) is 11.3. The summed E-state index contributed by atoms with van der Waals surface area (Å²) in [7, 11) is 0. The van der Waals surface area contributed by atoms with Crippen molar-refractivity contribution in [1.29, 1.82) is 0 Å². The highest BCUT2D eigenvalue weighted by molar-refractivity contribution is 5.39. The Kier molecular flexibility index (Phi) is 7.13. The minimum absolute atomic E-state index is 0.515. The molecule has 1 aromatic heterocycles. The summed E-state index contributed by atoms with van der Waals surface area (Å²) in [5.74, 6) is 7.29. The van der Waals surface area contributed by atoms with Crippen LogP contribution in [0.5, 0.6) is 5.75 Å². The molecule has 2 rings (SSSR count). The molecule has 0 bridgehead atoms. The lowest BCUT2D eigenvalue weighted by Crippen LogP contribution is -1.97. The van der Waals surface area contributed by atoms with Gasteiger partial charge < -0.3 is 4.74 Å². The van der Waals surface area contributed by atoms with E-state index in [1.165, 1.54) is 24.8 Å². The Labute approximate surface area is 139 Å². The van der Waals surface area contributed by atoms with Crippen LogP contribution in [0.3, 0.4) is 0 Å². The average Bonchev–Trinajstić information content (AvgIpc) is 2.60. The third-order valence-electron chi connectivity index (χ3n) is 3.44. The van der Waals surface area contributed by atoms with Gasteiger partial charge in [-0.15, -0.1) is 0 Å². The van der Waals surface area contributed by atoms with E-state index < -0.39 is 0 Å². The van der Waals surface area contributed by atoms with E-state index in [9.17, 15) is 0 Å². The molecular weight excluding hydrogens is 284 g/mol. The summed E-state index contributed by atoms with van der Waals surface area (Å²) in [4.78, 5) is 8.41. The van der Waals surface area contributed by atoms with Crippen molar-refractivity contribution < 1.29 is 4.74 Å². The van der Waals surface area contributed by atoms with Gasteiger partial charge in [0.25, 0.3) is 0 Å². The largest absolute Gasteiger partial charge is 0.490 e. The number of aryl methyl sites for hydroxylation is 1. The molecule has 1 heterocycles. The quantitative estimate of drug-likeness (QED) is 0.562. The van der Waals surface area contributed by atoms with Crippen LogP contribution in [-0.2, 0) is 6.42 Å². The predicted molar refractivity (Wildman–Crippen MR) is 93.5 cm³/mol. The highest BCUT2D eigenvalue weighted by Gasteiger charge is 1.96. The van der Waals surface area contributed by atoms with Gasteiger partial charge in [-0.1, -0.05) is 44.7 Å². The van der Waals surface area contributed by atoms with Gasteiger partial charge >= 0.3 is 0 Å². The van der Waals surface area contributed by atoms with E-state index in [2.05, 4.69) is 59.9 Å². The van der Waals surface area contributed by atoms with Crippen molar-refractivity contribution in [1.82, 2.24) is 9.97 Å². The lowest BCUT2D eigenvalue weighted by Gasteiger charge is -2.02. The molecule has 2 aromatic rings. The summed E-state index contributed by atoms with van der Waals surface area (Å²) in [6.07, 6.45) is 9.25. The average molecular weight is 308 g/mol. The lowest BCUT2D eigenvalue weighted by atomic mass is 10.1. The number of nitrogens with zero attached hydrogens (tertiary/aromatic N) is 2. The van der Waals surface area contributed by atoms with Gasteiger partial charge in [0.1, 0.15) is 0 Å². The number of benzene rings is 1. The zero-order chi connectivity index (χ0) is 16.3. The van der Waals surface area contributed by atoms with Crippen LogP contribution < -0.4 is 4.74 Å². The summed E-state index contributed by atoms with van der Waals surface area (Å²) >= 11 is 0. The molecule has 0 saturated carbocycles. The topological polar surface area (TPSA) is 35.0 Å². The molecule has 0 radical (unpaired) electrons. The van der Waals surface area contributed by atoms with Gasteiger partial charge in [0.05, 0.1) is 19.0 Å². The van der Waals surface area contributed by atoms with E-state index in [0.717, 1.165) is 18.4 Å². The van der Waals surface area contributed by atoms with Gasteiger partial charge in [-0.2, -0.15) is 0 Å².